The van der Waals surface area contributed by atoms with Crippen molar-refractivity contribution in [2.24, 2.45) is 0 Å². The van der Waals surface area contributed by atoms with Crippen LogP contribution in [0.25, 0.3) is 0 Å². The molecule has 0 unspecified atom stereocenters. The van der Waals surface area contributed by atoms with E-state index in [0.717, 1.165) is 0 Å². The molecule has 0 bridgehead atoms. The Morgan fingerprint density at radius 2 is 2.06 bits per heavy atom. The van der Waals surface area contributed by atoms with Gasteiger partial charge in [0.05, 0.1) is 0 Å². The van der Waals surface area contributed by atoms with Crippen molar-refractivity contribution in [1.29, 1.82) is 0 Å². The van der Waals surface area contributed by atoms with Crippen molar-refractivity contribution in [2.75, 3.05) is 0 Å². The SMILES string of the molecule is C[C@H](NC(=O)c1ccc[nH]1)C(=O)OC(C)(C)C. The molecular formula is C12H18N2O3. The second kappa shape index (κ2) is 5.03. The summed E-state index contributed by atoms with van der Waals surface area (Å²) in [5, 5.41) is 2.56. The number of amides is 1. The predicted octanol–water partition coefficient (Wildman–Crippen LogP) is 1.47. The lowest BCUT2D eigenvalue weighted by molar-refractivity contribution is -0.156. The van der Waals surface area contributed by atoms with Crippen LogP contribution in [0.3, 0.4) is 0 Å². The third-order valence-corrected chi connectivity index (χ3v) is 1.95. The summed E-state index contributed by atoms with van der Waals surface area (Å²) in [5.74, 6) is -0.772. The average Bonchev–Trinajstić information content (AvgIpc) is 2.67. The molecule has 0 saturated heterocycles. The van der Waals surface area contributed by atoms with E-state index in [-0.39, 0.29) is 5.91 Å². The van der Waals surface area contributed by atoms with Gasteiger partial charge in [-0.25, -0.2) is 4.79 Å². The van der Waals surface area contributed by atoms with Gasteiger partial charge in [-0.1, -0.05) is 0 Å². The molecule has 0 aliphatic heterocycles. The first-order valence-corrected chi connectivity index (χ1v) is 5.47. The van der Waals surface area contributed by atoms with Crippen molar-refractivity contribution in [2.45, 2.75) is 39.3 Å². The zero-order chi connectivity index (χ0) is 13.1. The molecule has 1 rings (SSSR count). The zero-order valence-electron chi connectivity index (χ0n) is 10.5. The van der Waals surface area contributed by atoms with Crippen molar-refractivity contribution in [3.05, 3.63) is 24.0 Å². The maximum absolute atomic E-state index is 11.6. The Morgan fingerprint density at radius 3 is 2.53 bits per heavy atom. The number of hydrogen-bond donors (Lipinski definition) is 2. The predicted molar refractivity (Wildman–Crippen MR) is 63.6 cm³/mol. The Balaban J connectivity index is 2.52. The molecule has 0 radical (unpaired) electrons. The molecule has 0 aromatic carbocycles. The lowest BCUT2D eigenvalue weighted by atomic mass is 10.2. The standard InChI is InChI=1S/C12H18N2O3/c1-8(11(16)17-12(2,3)4)14-10(15)9-6-5-7-13-9/h5-8,13H,1-4H3,(H,14,15)/t8-/m0/s1. The van der Waals surface area contributed by atoms with E-state index in [9.17, 15) is 9.59 Å². The van der Waals surface area contributed by atoms with Gasteiger partial charge in [0, 0.05) is 6.20 Å². The largest absolute Gasteiger partial charge is 0.458 e. The van der Waals surface area contributed by atoms with Crippen LogP contribution in [0.15, 0.2) is 18.3 Å². The molecule has 0 fully saturated rings. The molecular weight excluding hydrogens is 220 g/mol. The van der Waals surface area contributed by atoms with Crippen LogP contribution in [0.4, 0.5) is 0 Å². The third kappa shape index (κ3) is 4.30. The number of carbonyl (C=O) groups excluding carboxylic acids is 2. The quantitative estimate of drug-likeness (QED) is 0.783. The minimum atomic E-state index is -0.676. The van der Waals surface area contributed by atoms with Gasteiger partial charge in [0.1, 0.15) is 17.3 Å². The topological polar surface area (TPSA) is 71.2 Å². The fourth-order valence-electron chi connectivity index (χ4n) is 1.20. The molecule has 5 heteroatoms. The molecule has 1 atom stereocenters. The summed E-state index contributed by atoms with van der Waals surface area (Å²) in [7, 11) is 0. The summed E-state index contributed by atoms with van der Waals surface area (Å²) in [6.07, 6.45) is 1.65. The summed E-state index contributed by atoms with van der Waals surface area (Å²) in [5.41, 5.74) is -0.136. The van der Waals surface area contributed by atoms with Crippen LogP contribution < -0.4 is 5.32 Å². The zero-order valence-corrected chi connectivity index (χ0v) is 10.5. The highest BCUT2D eigenvalue weighted by Gasteiger charge is 2.23. The summed E-state index contributed by atoms with van der Waals surface area (Å²) >= 11 is 0. The Morgan fingerprint density at radius 1 is 1.41 bits per heavy atom. The van der Waals surface area contributed by atoms with E-state index < -0.39 is 17.6 Å². The molecule has 1 heterocycles. The van der Waals surface area contributed by atoms with Crippen LogP contribution in [-0.2, 0) is 9.53 Å². The summed E-state index contributed by atoms with van der Waals surface area (Å²) < 4.78 is 5.15. The molecule has 2 N–H and O–H groups in total. The van der Waals surface area contributed by atoms with Gasteiger partial charge in [-0.2, -0.15) is 0 Å². The number of esters is 1. The van der Waals surface area contributed by atoms with E-state index in [4.69, 9.17) is 4.74 Å². The van der Waals surface area contributed by atoms with Gasteiger partial charge in [0.25, 0.3) is 5.91 Å². The van der Waals surface area contributed by atoms with Gasteiger partial charge in [-0.15, -0.1) is 0 Å². The smallest absolute Gasteiger partial charge is 0.328 e. The monoisotopic (exact) mass is 238 g/mol. The van der Waals surface area contributed by atoms with E-state index in [1.165, 1.54) is 0 Å². The van der Waals surface area contributed by atoms with Crippen molar-refractivity contribution in [3.63, 3.8) is 0 Å². The molecule has 1 aromatic rings. The first-order valence-electron chi connectivity index (χ1n) is 5.47. The maximum atomic E-state index is 11.6. The molecule has 0 spiro atoms. The Bertz CT molecular complexity index is 390. The van der Waals surface area contributed by atoms with Crippen molar-refractivity contribution in [3.8, 4) is 0 Å². The number of hydrogen-bond acceptors (Lipinski definition) is 3. The van der Waals surface area contributed by atoms with E-state index in [1.807, 2.05) is 0 Å². The van der Waals surface area contributed by atoms with E-state index in [0.29, 0.717) is 5.69 Å². The second-order valence-corrected chi connectivity index (χ2v) is 4.81. The van der Waals surface area contributed by atoms with Crippen LogP contribution in [0.2, 0.25) is 0 Å². The van der Waals surface area contributed by atoms with Gasteiger partial charge in [-0.05, 0) is 39.8 Å². The Labute approximate surface area is 101 Å². The number of nitrogens with one attached hydrogen (secondary N) is 2. The van der Waals surface area contributed by atoms with Crippen molar-refractivity contribution >= 4 is 11.9 Å². The molecule has 0 aliphatic carbocycles. The van der Waals surface area contributed by atoms with E-state index in [2.05, 4.69) is 10.3 Å². The van der Waals surface area contributed by atoms with Gasteiger partial charge < -0.3 is 15.0 Å². The number of ether oxygens (including phenoxy) is 1. The molecule has 17 heavy (non-hydrogen) atoms. The Hall–Kier alpha value is -1.78. The number of carbonyl (C=O) groups is 2. The molecule has 1 amide bonds. The van der Waals surface area contributed by atoms with Gasteiger partial charge >= 0.3 is 5.97 Å². The number of rotatable bonds is 3. The minimum Gasteiger partial charge on any atom is -0.458 e. The molecule has 94 valence electrons. The second-order valence-electron chi connectivity index (χ2n) is 4.81. The van der Waals surface area contributed by atoms with Gasteiger partial charge in [0.15, 0.2) is 0 Å². The van der Waals surface area contributed by atoms with Crippen molar-refractivity contribution < 1.29 is 14.3 Å². The molecule has 5 nitrogen and oxygen atoms in total. The minimum absolute atomic E-state index is 0.326. The fraction of sp³-hybridized carbons (Fsp3) is 0.500. The number of aromatic amines is 1. The molecule has 0 saturated carbocycles. The highest BCUT2D eigenvalue weighted by atomic mass is 16.6. The molecule has 0 aliphatic rings. The highest BCUT2D eigenvalue weighted by Crippen LogP contribution is 2.08. The summed E-state index contributed by atoms with van der Waals surface area (Å²) in [6, 6.07) is 2.68. The maximum Gasteiger partial charge on any atom is 0.328 e. The van der Waals surface area contributed by atoms with Gasteiger partial charge in [-0.3, -0.25) is 4.79 Å². The Kier molecular flexibility index (Phi) is 3.93. The number of aromatic nitrogens is 1. The fourth-order valence-corrected chi connectivity index (χ4v) is 1.20. The summed E-state index contributed by atoms with van der Waals surface area (Å²) in [6.45, 7) is 6.94. The average molecular weight is 238 g/mol. The van der Waals surface area contributed by atoms with Crippen LogP contribution in [-0.4, -0.2) is 28.5 Å². The summed E-state index contributed by atoms with van der Waals surface area (Å²) in [4.78, 5) is 26.0. The lowest BCUT2D eigenvalue weighted by Gasteiger charge is -2.22. The van der Waals surface area contributed by atoms with Crippen molar-refractivity contribution in [1.82, 2.24) is 10.3 Å². The first-order chi connectivity index (χ1) is 7.79. The van der Waals surface area contributed by atoms with Crippen LogP contribution >= 0.6 is 0 Å². The highest BCUT2D eigenvalue weighted by molar-refractivity contribution is 5.95. The normalized spacial score (nSPS) is 12.9. The molecule has 1 aromatic heterocycles. The van der Waals surface area contributed by atoms with Crippen LogP contribution in [0.5, 0.6) is 0 Å². The number of H-pyrrole nitrogens is 1. The third-order valence-electron chi connectivity index (χ3n) is 1.95. The lowest BCUT2D eigenvalue weighted by Crippen LogP contribution is -2.42. The van der Waals surface area contributed by atoms with E-state index in [1.54, 1.807) is 46.0 Å². The van der Waals surface area contributed by atoms with Crippen LogP contribution in [0, 0.1) is 0 Å². The first kappa shape index (κ1) is 13.3. The van der Waals surface area contributed by atoms with Crippen LogP contribution in [0.1, 0.15) is 38.2 Å². The van der Waals surface area contributed by atoms with Gasteiger partial charge in [0.2, 0.25) is 0 Å². The van der Waals surface area contributed by atoms with E-state index >= 15 is 0 Å².